The number of oxazole rings is 1. The van der Waals surface area contributed by atoms with Crippen LogP contribution in [0.3, 0.4) is 0 Å². The number of hydrogen-bond donors (Lipinski definition) is 0. The average Bonchev–Trinajstić information content (AvgIpc) is 3.31. The van der Waals surface area contributed by atoms with Crippen molar-refractivity contribution >= 4 is 27.7 Å². The van der Waals surface area contributed by atoms with Crippen molar-refractivity contribution in [2.45, 2.75) is 11.0 Å². The molecule has 0 fully saturated rings. The highest BCUT2D eigenvalue weighted by atomic mass is 79.9. The lowest BCUT2D eigenvalue weighted by Crippen LogP contribution is -1.82. The van der Waals surface area contributed by atoms with Gasteiger partial charge < -0.3 is 8.83 Å². The number of thioether (sulfide) groups is 1. The molecule has 2 heterocycles. The fourth-order valence-electron chi connectivity index (χ4n) is 2.23. The van der Waals surface area contributed by atoms with E-state index < -0.39 is 0 Å². The minimum absolute atomic E-state index is 0.486. The fourth-order valence-corrected chi connectivity index (χ4v) is 3.33. The van der Waals surface area contributed by atoms with Crippen molar-refractivity contribution in [2.24, 2.45) is 0 Å². The first-order chi connectivity index (χ1) is 12.3. The molecule has 2 aromatic heterocycles. The van der Waals surface area contributed by atoms with Crippen LogP contribution in [0.1, 0.15) is 5.69 Å². The molecule has 0 aliphatic heterocycles. The van der Waals surface area contributed by atoms with Crippen LogP contribution in [0.4, 0.5) is 0 Å². The molecule has 0 saturated carbocycles. The minimum atomic E-state index is 0.486. The summed E-state index contributed by atoms with van der Waals surface area (Å²) >= 11 is 4.91. The molecule has 0 unspecified atom stereocenters. The summed E-state index contributed by atoms with van der Waals surface area (Å²) in [6, 6.07) is 17.5. The Kier molecular flexibility index (Phi) is 4.67. The first-order valence-corrected chi connectivity index (χ1v) is 9.28. The third kappa shape index (κ3) is 3.67. The number of halogens is 1. The van der Waals surface area contributed by atoms with E-state index in [0.717, 1.165) is 21.3 Å². The topological polar surface area (TPSA) is 65.0 Å². The van der Waals surface area contributed by atoms with Crippen LogP contribution in [-0.4, -0.2) is 15.2 Å². The van der Waals surface area contributed by atoms with Gasteiger partial charge in [-0.25, -0.2) is 4.98 Å². The molecule has 7 heteroatoms. The molecule has 0 aliphatic rings. The standard InChI is InChI=1S/C18H12BrN3O2S/c19-15-9-5-4-8-14(15)17-21-22-18(24-17)25-11-13-10-23-16(20-13)12-6-2-1-3-7-12/h1-10H,11H2. The Morgan fingerprint density at radius 3 is 2.56 bits per heavy atom. The molecular weight excluding hydrogens is 402 g/mol. The summed E-state index contributed by atoms with van der Waals surface area (Å²) in [4.78, 5) is 4.49. The van der Waals surface area contributed by atoms with Crippen LogP contribution < -0.4 is 0 Å². The van der Waals surface area contributed by atoms with Gasteiger partial charge in [0.15, 0.2) is 0 Å². The molecular formula is C18H12BrN3O2S. The van der Waals surface area contributed by atoms with E-state index in [4.69, 9.17) is 8.83 Å². The first kappa shape index (κ1) is 16.1. The quantitative estimate of drug-likeness (QED) is 0.405. The molecule has 0 saturated heterocycles. The van der Waals surface area contributed by atoms with Gasteiger partial charge in [-0.05, 0) is 40.2 Å². The zero-order chi connectivity index (χ0) is 17.1. The monoisotopic (exact) mass is 413 g/mol. The van der Waals surface area contributed by atoms with E-state index in [1.165, 1.54) is 11.8 Å². The molecule has 0 radical (unpaired) electrons. The largest absolute Gasteiger partial charge is 0.444 e. The number of aromatic nitrogens is 3. The van der Waals surface area contributed by atoms with E-state index in [9.17, 15) is 0 Å². The number of nitrogens with zero attached hydrogens (tertiary/aromatic N) is 3. The Morgan fingerprint density at radius 1 is 0.920 bits per heavy atom. The van der Waals surface area contributed by atoms with E-state index in [1.54, 1.807) is 6.26 Å². The van der Waals surface area contributed by atoms with E-state index in [0.29, 0.717) is 22.8 Å². The highest BCUT2D eigenvalue weighted by Gasteiger charge is 2.13. The average molecular weight is 414 g/mol. The fraction of sp³-hybridized carbons (Fsp3) is 0.0556. The summed E-state index contributed by atoms with van der Waals surface area (Å²) in [6.07, 6.45) is 1.65. The number of hydrogen-bond acceptors (Lipinski definition) is 6. The van der Waals surface area contributed by atoms with Gasteiger partial charge in [0.25, 0.3) is 5.22 Å². The Morgan fingerprint density at radius 2 is 1.72 bits per heavy atom. The molecule has 0 aliphatic carbocycles. The van der Waals surface area contributed by atoms with Gasteiger partial charge in [-0.1, -0.05) is 42.1 Å². The van der Waals surface area contributed by atoms with Crippen LogP contribution in [0.5, 0.6) is 0 Å². The lowest BCUT2D eigenvalue weighted by molar-refractivity contribution is 0.465. The van der Waals surface area contributed by atoms with Gasteiger partial charge in [0.05, 0.1) is 11.3 Å². The summed E-state index contributed by atoms with van der Waals surface area (Å²) in [6.45, 7) is 0. The zero-order valence-electron chi connectivity index (χ0n) is 12.9. The first-order valence-electron chi connectivity index (χ1n) is 7.50. The summed E-state index contributed by atoms with van der Waals surface area (Å²) in [5.41, 5.74) is 2.65. The van der Waals surface area contributed by atoms with Crippen molar-refractivity contribution in [3.8, 4) is 22.9 Å². The molecule has 0 N–H and O–H groups in total. The molecule has 2 aromatic carbocycles. The Hall–Kier alpha value is -2.38. The molecule has 0 amide bonds. The van der Waals surface area contributed by atoms with Crippen LogP contribution in [0.2, 0.25) is 0 Å². The Labute approximate surface area is 156 Å². The molecule has 0 spiro atoms. The van der Waals surface area contributed by atoms with Crippen LogP contribution in [0.15, 0.2) is 79.4 Å². The Balaban J connectivity index is 1.44. The van der Waals surface area contributed by atoms with Gasteiger partial charge in [0, 0.05) is 15.8 Å². The molecule has 0 atom stereocenters. The van der Waals surface area contributed by atoms with Gasteiger partial charge in [-0.15, -0.1) is 10.2 Å². The van der Waals surface area contributed by atoms with Crippen LogP contribution in [-0.2, 0) is 5.75 Å². The summed E-state index contributed by atoms with van der Waals surface area (Å²) < 4.78 is 12.2. The minimum Gasteiger partial charge on any atom is -0.444 e. The molecule has 4 rings (SSSR count). The molecule has 25 heavy (non-hydrogen) atoms. The van der Waals surface area contributed by atoms with Crippen molar-refractivity contribution in [3.63, 3.8) is 0 Å². The zero-order valence-corrected chi connectivity index (χ0v) is 15.3. The smallest absolute Gasteiger partial charge is 0.277 e. The van der Waals surface area contributed by atoms with E-state index in [1.807, 2.05) is 54.6 Å². The van der Waals surface area contributed by atoms with Crippen molar-refractivity contribution in [2.75, 3.05) is 0 Å². The van der Waals surface area contributed by atoms with Gasteiger partial charge >= 0.3 is 0 Å². The van der Waals surface area contributed by atoms with Gasteiger partial charge in [-0.2, -0.15) is 0 Å². The van der Waals surface area contributed by atoms with Gasteiger partial charge in [0.1, 0.15) is 6.26 Å². The molecule has 0 bridgehead atoms. The van der Waals surface area contributed by atoms with E-state index in [2.05, 4.69) is 31.1 Å². The predicted molar refractivity (Wildman–Crippen MR) is 98.9 cm³/mol. The maximum Gasteiger partial charge on any atom is 0.277 e. The second-order valence-corrected chi connectivity index (χ2v) is 6.93. The third-order valence-electron chi connectivity index (χ3n) is 3.43. The van der Waals surface area contributed by atoms with Crippen molar-refractivity contribution in [1.82, 2.24) is 15.2 Å². The molecule has 124 valence electrons. The van der Waals surface area contributed by atoms with Gasteiger partial charge in [-0.3, -0.25) is 0 Å². The second kappa shape index (κ2) is 7.25. The SMILES string of the molecule is Brc1ccccc1-c1nnc(SCc2coc(-c3ccccc3)n2)o1. The predicted octanol–water partition coefficient (Wildman–Crippen LogP) is 5.45. The number of benzene rings is 2. The molecule has 5 nitrogen and oxygen atoms in total. The maximum absolute atomic E-state index is 5.72. The third-order valence-corrected chi connectivity index (χ3v) is 4.97. The van der Waals surface area contributed by atoms with Crippen molar-refractivity contribution < 1.29 is 8.83 Å². The molecule has 4 aromatic rings. The van der Waals surface area contributed by atoms with Crippen LogP contribution >= 0.6 is 27.7 Å². The van der Waals surface area contributed by atoms with Crippen LogP contribution in [0, 0.1) is 0 Å². The van der Waals surface area contributed by atoms with Gasteiger partial charge in [0.2, 0.25) is 11.8 Å². The summed E-state index contributed by atoms with van der Waals surface area (Å²) in [7, 11) is 0. The van der Waals surface area contributed by atoms with E-state index >= 15 is 0 Å². The van der Waals surface area contributed by atoms with E-state index in [-0.39, 0.29) is 0 Å². The van der Waals surface area contributed by atoms with Crippen molar-refractivity contribution in [1.29, 1.82) is 0 Å². The lowest BCUT2D eigenvalue weighted by Gasteiger charge is -1.97. The van der Waals surface area contributed by atoms with Crippen LogP contribution in [0.25, 0.3) is 22.9 Å². The Bertz CT molecular complexity index is 985. The summed E-state index contributed by atoms with van der Waals surface area (Å²) in [5, 5.41) is 8.68. The number of rotatable bonds is 5. The maximum atomic E-state index is 5.72. The highest BCUT2D eigenvalue weighted by Crippen LogP contribution is 2.30. The lowest BCUT2D eigenvalue weighted by atomic mass is 10.2. The normalized spacial score (nSPS) is 10.9. The highest BCUT2D eigenvalue weighted by molar-refractivity contribution is 9.10. The summed E-state index contributed by atoms with van der Waals surface area (Å²) in [5.74, 6) is 1.68. The second-order valence-electron chi connectivity index (χ2n) is 5.15. The van der Waals surface area contributed by atoms with Crippen molar-refractivity contribution in [3.05, 3.63) is 71.0 Å².